The molecule has 0 spiro atoms. The van der Waals surface area contributed by atoms with E-state index in [0.29, 0.717) is 24.8 Å². The Hall–Kier alpha value is -2.81. The van der Waals surface area contributed by atoms with Crippen molar-refractivity contribution in [1.82, 2.24) is 19.9 Å². The highest BCUT2D eigenvalue weighted by Crippen LogP contribution is 2.25. The summed E-state index contributed by atoms with van der Waals surface area (Å²) >= 11 is 0. The van der Waals surface area contributed by atoms with Gasteiger partial charge in [0.25, 0.3) is 5.89 Å². The van der Waals surface area contributed by atoms with Gasteiger partial charge in [-0.05, 0) is 35.2 Å². The molecule has 7 nitrogen and oxygen atoms in total. The second-order valence-corrected chi connectivity index (χ2v) is 9.82. The van der Waals surface area contributed by atoms with Crippen LogP contribution in [-0.4, -0.2) is 70.5 Å². The molecule has 34 heavy (non-hydrogen) atoms. The number of nitrogens with zero attached hydrogens (tertiary/aromatic N) is 4. The van der Waals surface area contributed by atoms with Crippen molar-refractivity contribution in [2.75, 3.05) is 39.3 Å². The molecular weight excluding hydrogens is 435 g/mol. The molecule has 4 rings (SSSR count). The van der Waals surface area contributed by atoms with Crippen molar-refractivity contribution in [3.63, 3.8) is 0 Å². The fourth-order valence-corrected chi connectivity index (χ4v) is 3.98. The zero-order valence-electron chi connectivity index (χ0n) is 20.1. The maximum absolute atomic E-state index is 13.6. The topological polar surface area (TPSA) is 74.9 Å². The van der Waals surface area contributed by atoms with Crippen LogP contribution < -0.4 is 4.74 Å². The molecule has 0 radical (unpaired) electrons. The lowest BCUT2D eigenvalue weighted by atomic mass is 9.87. The molecule has 0 unspecified atom stereocenters. The Bertz CT molecular complexity index is 1060. The lowest BCUT2D eigenvalue weighted by Gasteiger charge is -2.34. The molecule has 2 heterocycles. The highest BCUT2D eigenvalue weighted by Gasteiger charge is 2.22. The van der Waals surface area contributed by atoms with Crippen LogP contribution in [0.15, 0.2) is 53.1 Å². The van der Waals surface area contributed by atoms with Crippen LogP contribution in [0.4, 0.5) is 4.39 Å². The third-order valence-electron chi connectivity index (χ3n) is 6.03. The van der Waals surface area contributed by atoms with E-state index in [-0.39, 0.29) is 17.8 Å². The van der Waals surface area contributed by atoms with E-state index >= 15 is 0 Å². The van der Waals surface area contributed by atoms with Gasteiger partial charge in [0.1, 0.15) is 12.7 Å². The molecule has 1 fully saturated rings. The predicted octanol–water partition coefficient (Wildman–Crippen LogP) is 3.73. The first-order valence-electron chi connectivity index (χ1n) is 11.7. The molecule has 1 saturated heterocycles. The molecule has 0 saturated carbocycles. The van der Waals surface area contributed by atoms with Crippen molar-refractivity contribution in [3.05, 3.63) is 65.7 Å². The minimum atomic E-state index is -0.685. The second kappa shape index (κ2) is 10.6. The number of β-amino-alcohol motifs (C(OH)–C–C–N with tert-alkyl or cyclic N) is 1. The number of aliphatic hydroxyl groups excluding tert-OH is 1. The van der Waals surface area contributed by atoms with Gasteiger partial charge in [-0.2, -0.15) is 4.98 Å². The molecule has 1 aliphatic rings. The molecule has 182 valence electrons. The molecule has 0 aliphatic carbocycles. The molecule has 1 aliphatic heterocycles. The Kier molecular flexibility index (Phi) is 7.60. The zero-order chi connectivity index (χ0) is 24.1. The van der Waals surface area contributed by atoms with Crippen molar-refractivity contribution in [1.29, 1.82) is 0 Å². The molecule has 3 aromatic rings. The molecule has 1 aromatic heterocycles. The Morgan fingerprint density at radius 2 is 1.71 bits per heavy atom. The van der Waals surface area contributed by atoms with E-state index in [1.165, 1.54) is 11.6 Å². The lowest BCUT2D eigenvalue weighted by Crippen LogP contribution is -2.48. The molecule has 0 amide bonds. The summed E-state index contributed by atoms with van der Waals surface area (Å²) in [5, 5.41) is 14.4. The molecular formula is C26H33FN4O3. The first-order chi connectivity index (χ1) is 16.3. The van der Waals surface area contributed by atoms with Gasteiger partial charge in [0.15, 0.2) is 17.4 Å². The van der Waals surface area contributed by atoms with Crippen LogP contribution in [0.3, 0.4) is 0 Å². The minimum Gasteiger partial charge on any atom is -0.488 e. The smallest absolute Gasteiger partial charge is 0.257 e. The van der Waals surface area contributed by atoms with Crippen LogP contribution in [-0.2, 0) is 12.0 Å². The summed E-state index contributed by atoms with van der Waals surface area (Å²) in [5.41, 5.74) is 2.28. The van der Waals surface area contributed by atoms with Crippen LogP contribution in [0.1, 0.15) is 32.2 Å². The molecule has 0 bridgehead atoms. The van der Waals surface area contributed by atoms with E-state index in [1.54, 1.807) is 18.2 Å². The van der Waals surface area contributed by atoms with Crippen molar-refractivity contribution in [2.45, 2.75) is 38.8 Å². The zero-order valence-corrected chi connectivity index (χ0v) is 20.1. The number of aliphatic hydroxyl groups is 1. The first-order valence-corrected chi connectivity index (χ1v) is 11.7. The summed E-state index contributed by atoms with van der Waals surface area (Å²) < 4.78 is 24.5. The number of aromatic nitrogens is 2. The second-order valence-electron chi connectivity index (χ2n) is 9.82. The maximum atomic E-state index is 13.6. The average molecular weight is 469 g/mol. The summed E-state index contributed by atoms with van der Waals surface area (Å²) in [4.78, 5) is 9.03. The summed E-state index contributed by atoms with van der Waals surface area (Å²) in [5.74, 6) is 0.944. The lowest BCUT2D eigenvalue weighted by molar-refractivity contribution is 0.0432. The number of para-hydroxylation sites is 1. The van der Waals surface area contributed by atoms with Crippen molar-refractivity contribution in [3.8, 4) is 17.2 Å². The quantitative estimate of drug-likeness (QED) is 0.540. The number of rotatable bonds is 8. The summed E-state index contributed by atoms with van der Waals surface area (Å²) in [6, 6.07) is 14.5. The van der Waals surface area contributed by atoms with Gasteiger partial charge in [0.2, 0.25) is 0 Å². The average Bonchev–Trinajstić information content (AvgIpc) is 3.28. The van der Waals surface area contributed by atoms with E-state index in [2.05, 4.69) is 52.8 Å². The fraction of sp³-hybridized carbons (Fsp3) is 0.462. The van der Waals surface area contributed by atoms with Crippen molar-refractivity contribution >= 4 is 0 Å². The number of hydrogen-bond donors (Lipinski definition) is 1. The summed E-state index contributed by atoms with van der Waals surface area (Å²) in [7, 11) is 0. The minimum absolute atomic E-state index is 0.0590. The van der Waals surface area contributed by atoms with Gasteiger partial charge in [0.05, 0.1) is 6.54 Å². The number of ether oxygens (including phenoxy) is 1. The van der Waals surface area contributed by atoms with Crippen LogP contribution in [0, 0.1) is 5.82 Å². The van der Waals surface area contributed by atoms with E-state index in [1.807, 2.05) is 12.1 Å². The monoisotopic (exact) mass is 468 g/mol. The van der Waals surface area contributed by atoms with Gasteiger partial charge in [-0.1, -0.05) is 50.2 Å². The Morgan fingerprint density at radius 3 is 2.38 bits per heavy atom. The largest absolute Gasteiger partial charge is 0.488 e. The van der Waals surface area contributed by atoms with Crippen molar-refractivity contribution in [2.24, 2.45) is 0 Å². The van der Waals surface area contributed by atoms with Gasteiger partial charge in [-0.25, -0.2) is 4.39 Å². The van der Waals surface area contributed by atoms with Gasteiger partial charge < -0.3 is 14.4 Å². The van der Waals surface area contributed by atoms with Crippen LogP contribution >= 0.6 is 0 Å². The van der Waals surface area contributed by atoms with E-state index in [9.17, 15) is 9.50 Å². The predicted molar refractivity (Wildman–Crippen MR) is 128 cm³/mol. The van der Waals surface area contributed by atoms with Crippen molar-refractivity contribution < 1.29 is 18.8 Å². The van der Waals surface area contributed by atoms with E-state index < -0.39 is 11.9 Å². The van der Waals surface area contributed by atoms with Gasteiger partial charge in [0, 0.05) is 38.3 Å². The number of benzene rings is 2. The van der Waals surface area contributed by atoms with Crippen LogP contribution in [0.2, 0.25) is 0 Å². The molecule has 2 aromatic carbocycles. The first kappa shape index (κ1) is 24.3. The highest BCUT2D eigenvalue weighted by atomic mass is 19.1. The third-order valence-corrected chi connectivity index (χ3v) is 6.03. The summed E-state index contributed by atoms with van der Waals surface area (Å²) in [6.45, 7) is 11.0. The number of halogens is 1. The number of piperazine rings is 1. The SMILES string of the molecule is CC(C)(C)c1ccc(-c2nc(CN3CCN(C[C@H](O)COc4ccccc4F)CC3)no2)cc1. The molecule has 8 heteroatoms. The van der Waals surface area contributed by atoms with E-state index in [0.717, 1.165) is 31.7 Å². The van der Waals surface area contributed by atoms with Crippen LogP contribution in [0.5, 0.6) is 5.75 Å². The van der Waals surface area contributed by atoms with Gasteiger partial charge >= 0.3 is 0 Å². The third kappa shape index (κ3) is 6.40. The van der Waals surface area contributed by atoms with Crippen LogP contribution in [0.25, 0.3) is 11.5 Å². The van der Waals surface area contributed by atoms with E-state index in [4.69, 9.17) is 9.26 Å². The standard InChI is InChI=1S/C26H33FN4O3/c1-26(2,3)20-10-8-19(9-11-20)25-28-24(29-34-25)17-31-14-12-30(13-15-31)16-21(32)18-33-23-7-5-4-6-22(23)27/h4-11,21,32H,12-18H2,1-3H3/t21-/m0/s1. The Labute approximate surface area is 200 Å². The van der Waals surface area contributed by atoms with Gasteiger partial charge in [-0.15, -0.1) is 0 Å². The summed E-state index contributed by atoms with van der Waals surface area (Å²) in [6.07, 6.45) is -0.685. The normalized spacial score (nSPS) is 16.5. The molecule has 1 N–H and O–H groups in total. The highest BCUT2D eigenvalue weighted by molar-refractivity contribution is 5.53. The molecule has 1 atom stereocenters. The maximum Gasteiger partial charge on any atom is 0.257 e. The fourth-order valence-electron chi connectivity index (χ4n) is 3.98. The Balaban J connectivity index is 1.21. The van der Waals surface area contributed by atoms with Gasteiger partial charge in [-0.3, -0.25) is 9.80 Å². The number of hydrogen-bond acceptors (Lipinski definition) is 7. The Morgan fingerprint density at radius 1 is 1.03 bits per heavy atom.